The van der Waals surface area contributed by atoms with Crippen molar-refractivity contribution in [3.8, 4) is 0 Å². The summed E-state index contributed by atoms with van der Waals surface area (Å²) in [5.74, 6) is 0.893. The highest BCUT2D eigenvalue weighted by Crippen LogP contribution is 2.33. The van der Waals surface area contributed by atoms with Crippen LogP contribution in [0, 0.1) is 5.92 Å². The number of rotatable bonds is 6. The van der Waals surface area contributed by atoms with Crippen LogP contribution in [0.3, 0.4) is 0 Å². The lowest BCUT2D eigenvalue weighted by Gasteiger charge is -2.26. The van der Waals surface area contributed by atoms with Crippen LogP contribution in [0.4, 0.5) is 0 Å². The first-order chi connectivity index (χ1) is 10.2. The second-order valence-corrected chi connectivity index (χ2v) is 6.61. The molecule has 1 amide bonds. The summed E-state index contributed by atoms with van der Waals surface area (Å²) in [6, 6.07) is 11.1. The Kier molecular flexibility index (Phi) is 4.59. The summed E-state index contributed by atoms with van der Waals surface area (Å²) in [5.41, 5.74) is 7.48. The van der Waals surface area contributed by atoms with Crippen LogP contribution in [0.25, 0.3) is 0 Å². The van der Waals surface area contributed by atoms with Crippen LogP contribution in [0.15, 0.2) is 30.3 Å². The quantitative estimate of drug-likeness (QED) is 0.874. The number of hydrogen-bond donors (Lipinski definition) is 1. The van der Waals surface area contributed by atoms with Gasteiger partial charge in [-0.3, -0.25) is 4.79 Å². The van der Waals surface area contributed by atoms with E-state index in [9.17, 15) is 4.79 Å². The molecule has 1 aliphatic carbocycles. The number of carbonyl (C=O) groups is 1. The number of aryl methyl sites for hydroxylation is 1. The van der Waals surface area contributed by atoms with Crippen molar-refractivity contribution in [2.24, 2.45) is 11.7 Å². The minimum absolute atomic E-state index is 0.0906. The van der Waals surface area contributed by atoms with Crippen molar-refractivity contribution in [1.29, 1.82) is 0 Å². The molecule has 114 valence electrons. The maximum atomic E-state index is 12.5. The van der Waals surface area contributed by atoms with Crippen molar-refractivity contribution in [2.75, 3.05) is 6.54 Å². The molecule has 0 bridgehead atoms. The topological polar surface area (TPSA) is 46.3 Å². The Labute approximate surface area is 127 Å². The summed E-state index contributed by atoms with van der Waals surface area (Å²) >= 11 is 0. The molecule has 3 rings (SSSR count). The van der Waals surface area contributed by atoms with Crippen LogP contribution in [0.2, 0.25) is 0 Å². The van der Waals surface area contributed by atoms with Crippen LogP contribution in [0.1, 0.15) is 44.1 Å². The van der Waals surface area contributed by atoms with Crippen molar-refractivity contribution >= 4 is 5.91 Å². The van der Waals surface area contributed by atoms with E-state index >= 15 is 0 Å². The second kappa shape index (κ2) is 6.61. The van der Waals surface area contributed by atoms with E-state index in [1.807, 2.05) is 6.07 Å². The van der Waals surface area contributed by atoms with E-state index in [1.54, 1.807) is 0 Å². The first-order valence-corrected chi connectivity index (χ1v) is 8.33. The van der Waals surface area contributed by atoms with Gasteiger partial charge in [-0.15, -0.1) is 0 Å². The van der Waals surface area contributed by atoms with Crippen molar-refractivity contribution in [3.63, 3.8) is 0 Å². The molecule has 1 saturated carbocycles. The Hall–Kier alpha value is -1.35. The van der Waals surface area contributed by atoms with Gasteiger partial charge in [-0.2, -0.15) is 0 Å². The average Bonchev–Trinajstić information content (AvgIpc) is 3.25. The number of nitrogens with two attached hydrogens (primary N) is 1. The summed E-state index contributed by atoms with van der Waals surface area (Å²) in [4.78, 5) is 14.6. The van der Waals surface area contributed by atoms with Gasteiger partial charge < -0.3 is 10.6 Å². The summed E-state index contributed by atoms with van der Waals surface area (Å²) in [6.07, 6.45) is 7.41. The lowest BCUT2D eigenvalue weighted by atomic mass is 10.0. The van der Waals surface area contributed by atoms with Crippen LogP contribution in [-0.2, 0) is 11.2 Å². The molecular formula is C18H26N2O. The predicted octanol–water partition coefficient (Wildman–Crippen LogP) is 2.74. The molecule has 0 unspecified atom stereocenters. The lowest BCUT2D eigenvalue weighted by molar-refractivity contribution is -0.132. The van der Waals surface area contributed by atoms with Gasteiger partial charge in [-0.25, -0.2) is 0 Å². The molecule has 2 fully saturated rings. The fraction of sp³-hybridized carbons (Fsp3) is 0.611. The number of amides is 1. The number of likely N-dealkylation sites (tertiary alicyclic amines) is 1. The van der Waals surface area contributed by atoms with E-state index in [-0.39, 0.29) is 11.9 Å². The molecule has 1 aromatic rings. The maximum absolute atomic E-state index is 12.5. The van der Waals surface area contributed by atoms with Gasteiger partial charge in [0.1, 0.15) is 0 Å². The molecular weight excluding hydrogens is 260 g/mol. The number of carbonyl (C=O) groups excluding carboxylic acids is 1. The van der Waals surface area contributed by atoms with Gasteiger partial charge in [0.15, 0.2) is 0 Å². The molecule has 1 aliphatic heterocycles. The van der Waals surface area contributed by atoms with Crippen molar-refractivity contribution < 1.29 is 4.79 Å². The van der Waals surface area contributed by atoms with Crippen molar-refractivity contribution in [2.45, 2.75) is 57.0 Å². The van der Waals surface area contributed by atoms with Crippen molar-refractivity contribution in [3.05, 3.63) is 35.9 Å². The average molecular weight is 286 g/mol. The highest BCUT2D eigenvalue weighted by atomic mass is 16.2. The van der Waals surface area contributed by atoms with E-state index in [0.29, 0.717) is 18.4 Å². The Bertz CT molecular complexity index is 469. The maximum Gasteiger partial charge on any atom is 0.224 e. The third-order valence-corrected chi connectivity index (χ3v) is 4.94. The third kappa shape index (κ3) is 3.85. The highest BCUT2D eigenvalue weighted by molar-refractivity contribution is 5.77. The molecule has 3 heteroatoms. The standard InChI is InChI=1S/C18H26N2O/c19-17(15-9-10-15)13-18(21)20-12-4-7-16(20)11-8-14-5-2-1-3-6-14/h1-3,5-6,15-17H,4,7-13,19H2/t16-,17+/m0/s1. The number of benzene rings is 1. The van der Waals surface area contributed by atoms with Gasteiger partial charge in [-0.05, 0) is 50.0 Å². The lowest BCUT2D eigenvalue weighted by Crippen LogP contribution is -2.39. The Morgan fingerprint density at radius 1 is 1.24 bits per heavy atom. The van der Waals surface area contributed by atoms with E-state index in [2.05, 4.69) is 29.2 Å². The molecule has 0 spiro atoms. The zero-order valence-electron chi connectivity index (χ0n) is 12.7. The Morgan fingerprint density at radius 2 is 2.00 bits per heavy atom. The van der Waals surface area contributed by atoms with Gasteiger partial charge in [0.25, 0.3) is 0 Å². The monoisotopic (exact) mass is 286 g/mol. The summed E-state index contributed by atoms with van der Waals surface area (Å²) in [5, 5.41) is 0. The number of hydrogen-bond acceptors (Lipinski definition) is 2. The molecule has 1 saturated heterocycles. The minimum atomic E-state index is 0.0906. The fourth-order valence-electron chi connectivity index (χ4n) is 3.45. The van der Waals surface area contributed by atoms with E-state index in [1.165, 1.54) is 18.4 Å². The van der Waals surface area contributed by atoms with E-state index in [0.717, 1.165) is 32.2 Å². The van der Waals surface area contributed by atoms with E-state index < -0.39 is 0 Å². The summed E-state index contributed by atoms with van der Waals surface area (Å²) < 4.78 is 0. The summed E-state index contributed by atoms with van der Waals surface area (Å²) in [6.45, 7) is 0.926. The normalized spacial score (nSPS) is 23.3. The molecule has 0 aromatic heterocycles. The fourth-order valence-corrected chi connectivity index (χ4v) is 3.45. The first-order valence-electron chi connectivity index (χ1n) is 8.33. The van der Waals surface area contributed by atoms with Crippen LogP contribution in [-0.4, -0.2) is 29.4 Å². The first kappa shape index (κ1) is 14.6. The van der Waals surface area contributed by atoms with Crippen molar-refractivity contribution in [1.82, 2.24) is 4.90 Å². The number of nitrogens with zero attached hydrogens (tertiary/aromatic N) is 1. The largest absolute Gasteiger partial charge is 0.340 e. The molecule has 2 aliphatic rings. The third-order valence-electron chi connectivity index (χ3n) is 4.94. The second-order valence-electron chi connectivity index (χ2n) is 6.61. The highest BCUT2D eigenvalue weighted by Gasteiger charge is 2.34. The smallest absolute Gasteiger partial charge is 0.224 e. The Morgan fingerprint density at radius 3 is 2.71 bits per heavy atom. The SMILES string of the molecule is N[C@H](CC(=O)N1CCC[C@H]1CCc1ccccc1)C1CC1. The van der Waals surface area contributed by atoms with Gasteiger partial charge in [0.2, 0.25) is 5.91 Å². The molecule has 2 atom stereocenters. The van der Waals surface area contributed by atoms with Gasteiger partial charge in [-0.1, -0.05) is 30.3 Å². The van der Waals surface area contributed by atoms with Crippen LogP contribution in [0.5, 0.6) is 0 Å². The zero-order valence-corrected chi connectivity index (χ0v) is 12.7. The molecule has 21 heavy (non-hydrogen) atoms. The van der Waals surface area contributed by atoms with Crippen LogP contribution >= 0.6 is 0 Å². The molecule has 2 N–H and O–H groups in total. The van der Waals surface area contributed by atoms with Gasteiger partial charge in [0.05, 0.1) is 0 Å². The molecule has 0 radical (unpaired) electrons. The minimum Gasteiger partial charge on any atom is -0.340 e. The molecule has 1 heterocycles. The van der Waals surface area contributed by atoms with Gasteiger partial charge >= 0.3 is 0 Å². The Balaban J connectivity index is 1.51. The van der Waals surface area contributed by atoms with E-state index in [4.69, 9.17) is 5.73 Å². The zero-order chi connectivity index (χ0) is 14.7. The molecule has 1 aromatic carbocycles. The summed E-state index contributed by atoms with van der Waals surface area (Å²) in [7, 11) is 0. The van der Waals surface area contributed by atoms with Crippen LogP contribution < -0.4 is 5.73 Å². The van der Waals surface area contributed by atoms with Gasteiger partial charge in [0, 0.05) is 25.0 Å². The molecule has 3 nitrogen and oxygen atoms in total. The predicted molar refractivity (Wildman–Crippen MR) is 84.8 cm³/mol.